The third kappa shape index (κ3) is 3.27. The van der Waals surface area contributed by atoms with Crippen molar-refractivity contribution in [1.29, 1.82) is 0 Å². The molecule has 0 radical (unpaired) electrons. The van der Waals surface area contributed by atoms with Gasteiger partial charge < -0.3 is 0 Å². The number of aromatic nitrogens is 1. The maximum Gasteiger partial charge on any atom is 0.272 e. The van der Waals surface area contributed by atoms with Crippen molar-refractivity contribution < 1.29 is 4.92 Å². The van der Waals surface area contributed by atoms with Crippen molar-refractivity contribution in [3.63, 3.8) is 0 Å². The van der Waals surface area contributed by atoms with Crippen LogP contribution >= 0.6 is 11.3 Å². The van der Waals surface area contributed by atoms with Crippen LogP contribution in [0.25, 0.3) is 0 Å². The minimum absolute atomic E-state index is 0.186. The fourth-order valence-corrected chi connectivity index (χ4v) is 4.52. The number of nitro benzene ring substituents is 1. The first-order chi connectivity index (χ1) is 8.88. The van der Waals surface area contributed by atoms with Gasteiger partial charge in [0.2, 0.25) is 0 Å². The van der Waals surface area contributed by atoms with Gasteiger partial charge in [0, 0.05) is 29.1 Å². The third-order valence-corrected chi connectivity index (χ3v) is 7.11. The Labute approximate surface area is 117 Å². The van der Waals surface area contributed by atoms with E-state index in [4.69, 9.17) is 0 Å². The van der Waals surface area contributed by atoms with E-state index in [1.807, 2.05) is 18.3 Å². The number of rotatable bonds is 4. The summed E-state index contributed by atoms with van der Waals surface area (Å²) in [7, 11) is -1.39. The van der Waals surface area contributed by atoms with Crippen LogP contribution in [0.15, 0.2) is 30.5 Å². The fraction of sp³-hybridized carbons (Fsp3) is 0.308. The number of benzene rings is 1. The van der Waals surface area contributed by atoms with Crippen molar-refractivity contribution in [1.82, 2.24) is 4.98 Å². The van der Waals surface area contributed by atoms with Crippen molar-refractivity contribution in [3.05, 3.63) is 51.0 Å². The van der Waals surface area contributed by atoms with Crippen molar-refractivity contribution in [2.24, 2.45) is 0 Å². The molecule has 2 aromatic rings. The Morgan fingerprint density at radius 1 is 1.32 bits per heavy atom. The largest absolute Gasteiger partial charge is 0.272 e. The first-order valence-electron chi connectivity index (χ1n) is 6.05. The molecule has 100 valence electrons. The predicted octanol–water partition coefficient (Wildman–Crippen LogP) is 3.19. The first-order valence-corrected chi connectivity index (χ1v) is 10.4. The van der Waals surface area contributed by atoms with Gasteiger partial charge in [-0.2, -0.15) is 0 Å². The second-order valence-corrected chi connectivity index (χ2v) is 11.9. The monoisotopic (exact) mass is 292 g/mol. The molecule has 1 aromatic carbocycles. The lowest BCUT2D eigenvalue weighted by Crippen LogP contribution is -2.36. The van der Waals surface area contributed by atoms with Crippen LogP contribution in [0.5, 0.6) is 0 Å². The summed E-state index contributed by atoms with van der Waals surface area (Å²) >= 11 is 1.68. The lowest BCUT2D eigenvalue weighted by atomic mass is 10.1. The predicted molar refractivity (Wildman–Crippen MR) is 81.0 cm³/mol. The van der Waals surface area contributed by atoms with E-state index in [1.54, 1.807) is 23.5 Å². The zero-order valence-electron chi connectivity index (χ0n) is 11.2. The van der Waals surface area contributed by atoms with Gasteiger partial charge in [0.05, 0.1) is 9.55 Å². The molecule has 0 aliphatic carbocycles. The molecule has 0 fully saturated rings. The highest BCUT2D eigenvalue weighted by Crippen LogP contribution is 2.22. The molecule has 1 heterocycles. The molecule has 19 heavy (non-hydrogen) atoms. The van der Waals surface area contributed by atoms with Gasteiger partial charge in [-0.3, -0.25) is 15.1 Å². The van der Waals surface area contributed by atoms with Gasteiger partial charge in [0.1, 0.15) is 8.07 Å². The van der Waals surface area contributed by atoms with Gasteiger partial charge in [0.15, 0.2) is 0 Å². The molecular weight excluding hydrogens is 276 g/mol. The second-order valence-electron chi connectivity index (χ2n) is 5.44. The Bertz CT molecular complexity index is 605. The van der Waals surface area contributed by atoms with Gasteiger partial charge in [-0.15, -0.1) is 11.3 Å². The van der Waals surface area contributed by atoms with Crippen LogP contribution in [0.1, 0.15) is 10.4 Å². The lowest BCUT2D eigenvalue weighted by Gasteiger charge is -2.10. The fourth-order valence-electron chi connectivity index (χ4n) is 1.76. The number of hydrogen-bond donors (Lipinski definition) is 0. The molecule has 0 spiro atoms. The molecule has 4 nitrogen and oxygen atoms in total. The average Bonchev–Trinajstić information content (AvgIpc) is 2.77. The topological polar surface area (TPSA) is 56.0 Å². The van der Waals surface area contributed by atoms with Crippen LogP contribution in [0.2, 0.25) is 19.6 Å². The van der Waals surface area contributed by atoms with Gasteiger partial charge >= 0.3 is 0 Å². The second kappa shape index (κ2) is 5.22. The quantitative estimate of drug-likeness (QED) is 0.494. The molecule has 0 atom stereocenters. The normalized spacial score (nSPS) is 11.5. The highest BCUT2D eigenvalue weighted by Gasteiger charge is 2.21. The summed E-state index contributed by atoms with van der Waals surface area (Å²) in [4.78, 5) is 16.2. The summed E-state index contributed by atoms with van der Waals surface area (Å²) in [6, 6.07) is 6.90. The minimum Gasteiger partial charge on any atom is -0.258 e. The molecule has 0 unspecified atom stereocenters. The summed E-state index contributed by atoms with van der Waals surface area (Å²) in [6.07, 6.45) is 2.44. The Kier molecular flexibility index (Phi) is 3.82. The molecule has 0 aliphatic rings. The Hall–Kier alpha value is -1.53. The van der Waals surface area contributed by atoms with E-state index in [0.29, 0.717) is 6.42 Å². The maximum atomic E-state index is 11.0. The Morgan fingerprint density at radius 3 is 2.58 bits per heavy atom. The van der Waals surface area contributed by atoms with E-state index in [2.05, 4.69) is 24.6 Å². The molecule has 0 saturated carbocycles. The minimum atomic E-state index is -1.39. The van der Waals surface area contributed by atoms with Crippen molar-refractivity contribution >= 4 is 29.7 Å². The zero-order valence-corrected chi connectivity index (χ0v) is 13.0. The van der Waals surface area contributed by atoms with Crippen LogP contribution < -0.4 is 4.63 Å². The summed E-state index contributed by atoms with van der Waals surface area (Å²) in [6.45, 7) is 6.75. The van der Waals surface area contributed by atoms with E-state index in [0.717, 1.165) is 10.4 Å². The molecule has 0 saturated heterocycles. The molecular formula is C13H16N2O2SSi. The molecule has 2 rings (SSSR count). The zero-order chi connectivity index (χ0) is 14.0. The van der Waals surface area contributed by atoms with Gasteiger partial charge in [-0.1, -0.05) is 37.8 Å². The van der Waals surface area contributed by atoms with Gasteiger partial charge in [-0.25, -0.2) is 0 Å². The van der Waals surface area contributed by atoms with Crippen molar-refractivity contribution in [2.45, 2.75) is 26.1 Å². The van der Waals surface area contributed by atoms with E-state index in [1.165, 1.54) is 4.63 Å². The molecule has 0 bridgehead atoms. The van der Waals surface area contributed by atoms with Gasteiger partial charge in [0.25, 0.3) is 5.69 Å². The lowest BCUT2D eigenvalue weighted by molar-refractivity contribution is -0.385. The molecule has 0 amide bonds. The molecule has 0 aliphatic heterocycles. The molecule has 6 heteroatoms. The highest BCUT2D eigenvalue weighted by molar-refractivity contribution is 7.25. The summed E-state index contributed by atoms with van der Waals surface area (Å²) in [5.41, 5.74) is 0.934. The van der Waals surface area contributed by atoms with Crippen LogP contribution in [-0.2, 0) is 6.42 Å². The van der Waals surface area contributed by atoms with E-state index in [-0.39, 0.29) is 10.6 Å². The first kappa shape index (κ1) is 13.9. The van der Waals surface area contributed by atoms with Crippen LogP contribution in [0.4, 0.5) is 5.69 Å². The highest BCUT2D eigenvalue weighted by atomic mass is 32.1. The number of para-hydroxylation sites is 1. The molecule has 1 aromatic heterocycles. The number of thiazole rings is 1. The number of hydrogen-bond acceptors (Lipinski definition) is 4. The van der Waals surface area contributed by atoms with Gasteiger partial charge in [-0.05, 0) is 0 Å². The number of nitrogens with zero attached hydrogens (tertiary/aromatic N) is 2. The standard InChI is InChI=1S/C13H16N2O2SSi/c1-19(2,3)13-14-9-11(18-13)8-10-6-4-5-7-12(10)15(16)17/h4-7,9H,8H2,1-3H3. The summed E-state index contributed by atoms with van der Waals surface area (Å²) in [5, 5.41) is 11.0. The van der Waals surface area contributed by atoms with Crippen LogP contribution in [-0.4, -0.2) is 18.0 Å². The maximum absolute atomic E-state index is 11.0. The van der Waals surface area contributed by atoms with E-state index < -0.39 is 8.07 Å². The van der Waals surface area contributed by atoms with E-state index >= 15 is 0 Å². The number of nitro groups is 1. The van der Waals surface area contributed by atoms with Crippen molar-refractivity contribution in [2.75, 3.05) is 0 Å². The summed E-state index contributed by atoms with van der Waals surface area (Å²) in [5.74, 6) is 0. The van der Waals surface area contributed by atoms with Crippen LogP contribution in [0, 0.1) is 10.1 Å². The smallest absolute Gasteiger partial charge is 0.258 e. The Morgan fingerprint density at radius 2 is 2.00 bits per heavy atom. The SMILES string of the molecule is C[Si](C)(C)c1ncc(Cc2ccccc2[N+](=O)[O-])s1. The van der Waals surface area contributed by atoms with Crippen molar-refractivity contribution in [3.8, 4) is 0 Å². The molecule has 0 N–H and O–H groups in total. The van der Waals surface area contributed by atoms with Crippen LogP contribution in [0.3, 0.4) is 0 Å². The average molecular weight is 292 g/mol. The van der Waals surface area contributed by atoms with E-state index in [9.17, 15) is 10.1 Å². The Balaban J connectivity index is 2.27. The summed E-state index contributed by atoms with van der Waals surface area (Å²) < 4.78 is 1.20. The third-order valence-electron chi connectivity index (χ3n) is 2.75.